The summed E-state index contributed by atoms with van der Waals surface area (Å²) in [4.78, 5) is 10.9. The number of carbonyl (C=O) groups excluding carboxylic acids is 1. The molecule has 0 saturated carbocycles. The Morgan fingerprint density at radius 3 is 1.83 bits per heavy atom. The van der Waals surface area contributed by atoms with E-state index in [0.717, 1.165) is 0 Å². The standard InChI is InChI=1S/C9H19NO2/c1-8(2,3)9(4,5)10-7(11)12-6/h1-6H3,(H,10,11). The van der Waals surface area contributed by atoms with Gasteiger partial charge in [-0.1, -0.05) is 20.8 Å². The van der Waals surface area contributed by atoms with Crippen molar-refractivity contribution in [1.82, 2.24) is 5.32 Å². The van der Waals surface area contributed by atoms with Gasteiger partial charge in [-0.2, -0.15) is 0 Å². The Bertz CT molecular complexity index is 168. The summed E-state index contributed by atoms with van der Waals surface area (Å²) in [5, 5.41) is 2.78. The number of amides is 1. The molecule has 0 heterocycles. The van der Waals surface area contributed by atoms with Crippen LogP contribution in [-0.4, -0.2) is 18.7 Å². The van der Waals surface area contributed by atoms with E-state index < -0.39 is 0 Å². The van der Waals surface area contributed by atoms with Crippen LogP contribution in [-0.2, 0) is 4.74 Å². The number of methoxy groups -OCH3 is 1. The molecule has 0 rings (SSSR count). The number of carbonyl (C=O) groups is 1. The smallest absolute Gasteiger partial charge is 0.407 e. The molecular weight excluding hydrogens is 154 g/mol. The molecule has 0 unspecified atom stereocenters. The van der Waals surface area contributed by atoms with Crippen LogP contribution in [0.5, 0.6) is 0 Å². The lowest BCUT2D eigenvalue weighted by atomic mass is 9.76. The van der Waals surface area contributed by atoms with E-state index in [4.69, 9.17) is 0 Å². The average molecular weight is 173 g/mol. The highest BCUT2D eigenvalue weighted by molar-refractivity contribution is 5.68. The van der Waals surface area contributed by atoms with E-state index >= 15 is 0 Å². The quantitative estimate of drug-likeness (QED) is 0.660. The highest BCUT2D eigenvalue weighted by Crippen LogP contribution is 2.29. The van der Waals surface area contributed by atoms with E-state index in [0.29, 0.717) is 0 Å². The van der Waals surface area contributed by atoms with Crippen LogP contribution in [0.3, 0.4) is 0 Å². The second-order valence-corrected chi connectivity index (χ2v) is 4.49. The number of hydrogen-bond acceptors (Lipinski definition) is 2. The summed E-state index contributed by atoms with van der Waals surface area (Å²) in [5.41, 5.74) is -0.249. The minimum Gasteiger partial charge on any atom is -0.453 e. The molecule has 0 aliphatic carbocycles. The number of hydrogen-bond donors (Lipinski definition) is 1. The second kappa shape index (κ2) is 3.33. The van der Waals surface area contributed by atoms with Gasteiger partial charge in [-0.05, 0) is 19.3 Å². The molecule has 0 aliphatic heterocycles. The Labute approximate surface area is 74.5 Å². The third-order valence-electron chi connectivity index (χ3n) is 2.47. The number of rotatable bonds is 1. The highest BCUT2D eigenvalue weighted by Gasteiger charge is 2.34. The van der Waals surface area contributed by atoms with Gasteiger partial charge >= 0.3 is 6.09 Å². The first kappa shape index (κ1) is 11.3. The summed E-state index contributed by atoms with van der Waals surface area (Å²) in [6, 6.07) is 0. The molecule has 0 aliphatic rings. The third kappa shape index (κ3) is 2.72. The molecule has 0 atom stereocenters. The van der Waals surface area contributed by atoms with Gasteiger partial charge in [-0.3, -0.25) is 0 Å². The van der Waals surface area contributed by atoms with Gasteiger partial charge < -0.3 is 10.1 Å². The van der Waals surface area contributed by atoms with Gasteiger partial charge in [0.25, 0.3) is 0 Å². The molecule has 0 aromatic carbocycles. The molecule has 0 fully saturated rings. The molecule has 1 N–H and O–H groups in total. The summed E-state index contributed by atoms with van der Waals surface area (Å²) < 4.78 is 4.53. The van der Waals surface area contributed by atoms with Crippen LogP contribution < -0.4 is 5.32 Å². The number of nitrogens with one attached hydrogen (secondary N) is 1. The number of ether oxygens (including phenoxy) is 1. The molecule has 0 aromatic rings. The van der Waals surface area contributed by atoms with Crippen molar-refractivity contribution in [2.75, 3.05) is 7.11 Å². The van der Waals surface area contributed by atoms with Gasteiger partial charge in [0.1, 0.15) is 0 Å². The summed E-state index contributed by atoms with van der Waals surface area (Å²) >= 11 is 0. The molecule has 0 saturated heterocycles. The van der Waals surface area contributed by atoms with E-state index in [2.05, 4.69) is 30.8 Å². The van der Waals surface area contributed by atoms with Crippen molar-refractivity contribution in [2.45, 2.75) is 40.2 Å². The van der Waals surface area contributed by atoms with Gasteiger partial charge in [0.05, 0.1) is 7.11 Å². The lowest BCUT2D eigenvalue weighted by molar-refractivity contribution is 0.128. The zero-order chi connectivity index (χ0) is 9.99. The molecule has 3 nitrogen and oxygen atoms in total. The van der Waals surface area contributed by atoms with Crippen LogP contribution in [0.1, 0.15) is 34.6 Å². The molecule has 12 heavy (non-hydrogen) atoms. The number of alkyl carbamates (subject to hydrolysis) is 1. The maximum absolute atomic E-state index is 10.9. The fourth-order valence-electron chi connectivity index (χ4n) is 0.494. The van der Waals surface area contributed by atoms with Gasteiger partial charge in [-0.15, -0.1) is 0 Å². The normalized spacial score (nSPS) is 12.5. The first-order valence-electron chi connectivity index (χ1n) is 4.07. The third-order valence-corrected chi connectivity index (χ3v) is 2.47. The topological polar surface area (TPSA) is 38.3 Å². The molecule has 3 heteroatoms. The fourth-order valence-corrected chi connectivity index (χ4v) is 0.494. The SMILES string of the molecule is COC(=O)NC(C)(C)C(C)(C)C. The summed E-state index contributed by atoms with van der Waals surface area (Å²) in [6.45, 7) is 10.2. The monoisotopic (exact) mass is 173 g/mol. The molecule has 0 aromatic heterocycles. The largest absolute Gasteiger partial charge is 0.453 e. The summed E-state index contributed by atoms with van der Waals surface area (Å²) in [7, 11) is 1.37. The molecular formula is C9H19NO2. The summed E-state index contributed by atoms with van der Waals surface area (Å²) in [6.07, 6.45) is -0.380. The highest BCUT2D eigenvalue weighted by atomic mass is 16.5. The van der Waals surface area contributed by atoms with E-state index in [-0.39, 0.29) is 17.0 Å². The van der Waals surface area contributed by atoms with E-state index in [1.165, 1.54) is 7.11 Å². The van der Waals surface area contributed by atoms with Gasteiger partial charge in [0.15, 0.2) is 0 Å². The predicted molar refractivity (Wildman–Crippen MR) is 49.1 cm³/mol. The van der Waals surface area contributed by atoms with E-state index in [1.807, 2.05) is 13.8 Å². The van der Waals surface area contributed by atoms with Gasteiger partial charge in [0.2, 0.25) is 0 Å². The average Bonchev–Trinajstić information content (AvgIpc) is 1.84. The lowest BCUT2D eigenvalue weighted by Gasteiger charge is -2.38. The van der Waals surface area contributed by atoms with Crippen LogP contribution in [0.4, 0.5) is 4.79 Å². The molecule has 0 bridgehead atoms. The minimum absolute atomic E-state index is 0.0151. The van der Waals surface area contributed by atoms with Gasteiger partial charge in [-0.25, -0.2) is 4.79 Å². The Morgan fingerprint density at radius 1 is 1.17 bits per heavy atom. The van der Waals surface area contributed by atoms with Crippen molar-refractivity contribution >= 4 is 6.09 Å². The van der Waals surface area contributed by atoms with Crippen LogP contribution in [0.15, 0.2) is 0 Å². The second-order valence-electron chi connectivity index (χ2n) is 4.49. The van der Waals surface area contributed by atoms with Crippen molar-refractivity contribution < 1.29 is 9.53 Å². The minimum atomic E-state index is -0.380. The van der Waals surface area contributed by atoms with Crippen molar-refractivity contribution in [3.63, 3.8) is 0 Å². The molecule has 1 amide bonds. The van der Waals surface area contributed by atoms with E-state index in [1.54, 1.807) is 0 Å². The maximum atomic E-state index is 10.9. The Hall–Kier alpha value is -0.730. The molecule has 0 spiro atoms. The van der Waals surface area contributed by atoms with Crippen LogP contribution in [0, 0.1) is 5.41 Å². The van der Waals surface area contributed by atoms with E-state index in [9.17, 15) is 4.79 Å². The Morgan fingerprint density at radius 2 is 1.58 bits per heavy atom. The Kier molecular flexibility index (Phi) is 3.13. The lowest BCUT2D eigenvalue weighted by Crippen LogP contribution is -2.52. The van der Waals surface area contributed by atoms with Crippen molar-refractivity contribution in [2.24, 2.45) is 5.41 Å². The maximum Gasteiger partial charge on any atom is 0.407 e. The predicted octanol–water partition coefficient (Wildman–Crippen LogP) is 2.17. The Balaban J connectivity index is 4.33. The molecule has 72 valence electrons. The first-order chi connectivity index (χ1) is 5.20. The molecule has 0 radical (unpaired) electrons. The zero-order valence-electron chi connectivity index (χ0n) is 8.82. The fraction of sp³-hybridized carbons (Fsp3) is 0.889. The van der Waals surface area contributed by atoms with Crippen LogP contribution >= 0.6 is 0 Å². The van der Waals surface area contributed by atoms with Crippen molar-refractivity contribution in [3.8, 4) is 0 Å². The van der Waals surface area contributed by atoms with Crippen molar-refractivity contribution in [1.29, 1.82) is 0 Å². The van der Waals surface area contributed by atoms with Crippen LogP contribution in [0.25, 0.3) is 0 Å². The van der Waals surface area contributed by atoms with Crippen molar-refractivity contribution in [3.05, 3.63) is 0 Å². The zero-order valence-corrected chi connectivity index (χ0v) is 8.82. The first-order valence-corrected chi connectivity index (χ1v) is 4.07. The van der Waals surface area contributed by atoms with Crippen LogP contribution in [0.2, 0.25) is 0 Å². The van der Waals surface area contributed by atoms with Gasteiger partial charge in [0, 0.05) is 5.54 Å². The summed E-state index contributed by atoms with van der Waals surface area (Å²) in [5.74, 6) is 0.